The highest BCUT2D eigenvalue weighted by atomic mass is 32.1. The number of aromatic nitrogens is 1. The second-order valence-electron chi connectivity index (χ2n) is 6.52. The molecule has 28 heavy (non-hydrogen) atoms. The lowest BCUT2D eigenvalue weighted by Gasteiger charge is -1.99. The first-order chi connectivity index (χ1) is 13.5. The summed E-state index contributed by atoms with van der Waals surface area (Å²) in [6, 6.07) is 13.5. The molecule has 1 N–H and O–H groups in total. The highest BCUT2D eigenvalue weighted by Gasteiger charge is 2.17. The van der Waals surface area contributed by atoms with Gasteiger partial charge in [-0.1, -0.05) is 18.2 Å². The minimum Gasteiger partial charge on any atom is -0.508 e. The van der Waals surface area contributed by atoms with Crippen LogP contribution in [0.4, 0.5) is 0 Å². The summed E-state index contributed by atoms with van der Waals surface area (Å²) in [5, 5.41) is 13.7. The van der Waals surface area contributed by atoms with Gasteiger partial charge in [-0.05, 0) is 49.2 Å². The zero-order valence-corrected chi connectivity index (χ0v) is 17.1. The van der Waals surface area contributed by atoms with Gasteiger partial charge in [0.25, 0.3) is 0 Å². The van der Waals surface area contributed by atoms with Gasteiger partial charge >= 0.3 is 0 Å². The predicted octanol–water partition coefficient (Wildman–Crippen LogP) is 5.65. The van der Waals surface area contributed by atoms with Gasteiger partial charge in [0.2, 0.25) is 0 Å². The van der Waals surface area contributed by atoms with E-state index in [0.29, 0.717) is 4.88 Å². The zero-order valence-electron chi connectivity index (χ0n) is 15.5. The molecule has 0 amide bonds. The smallest absolute Gasteiger partial charge is 0.196 e. The fourth-order valence-electron chi connectivity index (χ4n) is 2.98. The highest BCUT2D eigenvalue weighted by Crippen LogP contribution is 2.37. The first kappa shape index (κ1) is 18.5. The van der Waals surface area contributed by atoms with Gasteiger partial charge in [-0.3, -0.25) is 9.79 Å². The number of aryl methyl sites for hydroxylation is 2. The van der Waals surface area contributed by atoms with Crippen LogP contribution in [0.15, 0.2) is 52.8 Å². The van der Waals surface area contributed by atoms with Crippen LogP contribution < -0.4 is 0 Å². The van der Waals surface area contributed by atoms with Crippen LogP contribution >= 0.6 is 22.7 Å². The van der Waals surface area contributed by atoms with Crippen molar-refractivity contribution in [2.45, 2.75) is 13.8 Å². The standard InChI is InChI=1S/C22H18N2O2S2/c1-13-9-15(7-8-18(13)25)10-23-11-19(26)21-14(2)24-22(28-21)17-12-27-20-6-4-3-5-16(17)20/h3-10,12,25H,11H2,1-2H3. The Balaban J connectivity index is 1.54. The van der Waals surface area contributed by atoms with Gasteiger partial charge in [0.1, 0.15) is 17.3 Å². The lowest BCUT2D eigenvalue weighted by atomic mass is 10.1. The van der Waals surface area contributed by atoms with E-state index in [1.54, 1.807) is 29.7 Å². The Hall–Kier alpha value is -2.83. The van der Waals surface area contributed by atoms with E-state index in [9.17, 15) is 9.90 Å². The van der Waals surface area contributed by atoms with Crippen LogP contribution in [-0.4, -0.2) is 28.6 Å². The molecule has 0 atom stereocenters. The Labute approximate surface area is 170 Å². The second kappa shape index (κ2) is 7.66. The summed E-state index contributed by atoms with van der Waals surface area (Å²) in [7, 11) is 0. The molecule has 4 rings (SSSR count). The average molecular weight is 407 g/mol. The minimum absolute atomic E-state index is 0.0347. The topological polar surface area (TPSA) is 62.5 Å². The molecule has 0 saturated heterocycles. The molecule has 0 aliphatic heterocycles. The van der Waals surface area contributed by atoms with Gasteiger partial charge in [-0.2, -0.15) is 0 Å². The number of aliphatic imine (C=N–C) groups is 1. The number of fused-ring (bicyclic) bond motifs is 1. The number of phenols is 1. The molecule has 0 aliphatic carbocycles. The molecule has 0 aliphatic rings. The van der Waals surface area contributed by atoms with Crippen molar-refractivity contribution in [1.29, 1.82) is 0 Å². The van der Waals surface area contributed by atoms with E-state index in [1.165, 1.54) is 21.4 Å². The van der Waals surface area contributed by atoms with Gasteiger partial charge in [0, 0.05) is 27.2 Å². The summed E-state index contributed by atoms with van der Waals surface area (Å²) in [6.45, 7) is 3.77. The van der Waals surface area contributed by atoms with Crippen molar-refractivity contribution in [3.8, 4) is 16.3 Å². The number of aromatic hydroxyl groups is 1. The van der Waals surface area contributed by atoms with E-state index in [-0.39, 0.29) is 18.1 Å². The summed E-state index contributed by atoms with van der Waals surface area (Å²) in [5.74, 6) is 0.217. The van der Waals surface area contributed by atoms with Crippen LogP contribution in [0.5, 0.6) is 5.75 Å². The van der Waals surface area contributed by atoms with Crippen molar-refractivity contribution in [2.75, 3.05) is 6.54 Å². The number of ketones is 1. The SMILES string of the molecule is Cc1cc(C=NCC(=O)c2sc(-c3csc4ccccc34)nc2C)ccc1O. The van der Waals surface area contributed by atoms with Crippen LogP contribution in [0.2, 0.25) is 0 Å². The molecule has 4 nitrogen and oxygen atoms in total. The first-order valence-electron chi connectivity index (χ1n) is 8.79. The fraction of sp³-hybridized carbons (Fsp3) is 0.136. The molecule has 0 radical (unpaired) electrons. The molecule has 6 heteroatoms. The van der Waals surface area contributed by atoms with Crippen LogP contribution in [0.3, 0.4) is 0 Å². The molecule has 0 saturated carbocycles. The number of rotatable bonds is 5. The van der Waals surface area contributed by atoms with E-state index in [4.69, 9.17) is 0 Å². The first-order valence-corrected chi connectivity index (χ1v) is 10.5. The molecule has 0 bridgehead atoms. The Morgan fingerprint density at radius 3 is 2.86 bits per heavy atom. The Kier molecular flexibility index (Phi) is 5.07. The number of carbonyl (C=O) groups excluding carboxylic acids is 1. The van der Waals surface area contributed by atoms with Crippen molar-refractivity contribution < 1.29 is 9.90 Å². The number of phenolic OH excluding ortho intramolecular Hbond substituents is 1. The third-order valence-electron chi connectivity index (χ3n) is 4.46. The van der Waals surface area contributed by atoms with Crippen LogP contribution in [0.25, 0.3) is 20.7 Å². The number of thiophene rings is 1. The Morgan fingerprint density at radius 2 is 2.04 bits per heavy atom. The van der Waals surface area contributed by atoms with E-state index in [2.05, 4.69) is 27.5 Å². The molecule has 0 fully saturated rings. The Bertz CT molecular complexity index is 1200. The third-order valence-corrected chi connectivity index (χ3v) is 6.65. The third kappa shape index (κ3) is 3.61. The normalized spacial score (nSPS) is 11.5. The van der Waals surface area contributed by atoms with Gasteiger partial charge in [0.15, 0.2) is 5.78 Å². The summed E-state index contributed by atoms with van der Waals surface area (Å²) in [6.07, 6.45) is 1.66. The molecule has 2 aromatic heterocycles. The molecule has 0 unspecified atom stereocenters. The van der Waals surface area contributed by atoms with E-state index >= 15 is 0 Å². The van der Waals surface area contributed by atoms with E-state index in [1.807, 2.05) is 32.0 Å². The Morgan fingerprint density at radius 1 is 1.21 bits per heavy atom. The van der Waals surface area contributed by atoms with E-state index in [0.717, 1.165) is 27.4 Å². The van der Waals surface area contributed by atoms with Crippen LogP contribution in [0.1, 0.15) is 26.5 Å². The van der Waals surface area contributed by atoms with Crippen molar-refractivity contribution in [1.82, 2.24) is 4.98 Å². The lowest BCUT2D eigenvalue weighted by molar-refractivity contribution is 0.100. The molecule has 2 heterocycles. The van der Waals surface area contributed by atoms with Crippen LogP contribution in [0, 0.1) is 13.8 Å². The van der Waals surface area contributed by atoms with E-state index < -0.39 is 0 Å². The predicted molar refractivity (Wildman–Crippen MR) is 117 cm³/mol. The zero-order chi connectivity index (χ0) is 19.7. The summed E-state index contributed by atoms with van der Waals surface area (Å²) >= 11 is 3.12. The van der Waals surface area contributed by atoms with Crippen LogP contribution in [-0.2, 0) is 0 Å². The number of hydrogen-bond donors (Lipinski definition) is 1. The summed E-state index contributed by atoms with van der Waals surface area (Å²) in [5.41, 5.74) is 3.46. The van der Waals surface area contributed by atoms with Gasteiger partial charge in [-0.15, -0.1) is 22.7 Å². The number of hydrogen-bond acceptors (Lipinski definition) is 6. The molecular formula is C22H18N2O2S2. The fourth-order valence-corrected chi connectivity index (χ4v) is 5.03. The number of Topliss-reactive ketones (excluding diaryl/α,β-unsaturated/α-hetero) is 1. The number of nitrogens with zero attached hydrogens (tertiary/aromatic N) is 2. The second-order valence-corrected chi connectivity index (χ2v) is 8.43. The molecule has 140 valence electrons. The number of thiazole rings is 1. The van der Waals surface area contributed by atoms with Crippen molar-refractivity contribution in [3.63, 3.8) is 0 Å². The van der Waals surface area contributed by atoms with Crippen molar-refractivity contribution in [3.05, 3.63) is 69.5 Å². The van der Waals surface area contributed by atoms with Gasteiger partial charge in [-0.25, -0.2) is 4.98 Å². The number of benzene rings is 2. The number of carbonyl (C=O) groups is 1. The molecular weight excluding hydrogens is 388 g/mol. The monoisotopic (exact) mass is 406 g/mol. The molecule has 0 spiro atoms. The highest BCUT2D eigenvalue weighted by molar-refractivity contribution is 7.20. The average Bonchev–Trinajstić information content (AvgIpc) is 3.28. The van der Waals surface area contributed by atoms with Crippen molar-refractivity contribution in [2.24, 2.45) is 4.99 Å². The van der Waals surface area contributed by atoms with Gasteiger partial charge < -0.3 is 5.11 Å². The maximum atomic E-state index is 12.6. The minimum atomic E-state index is -0.0347. The van der Waals surface area contributed by atoms with Gasteiger partial charge in [0.05, 0.1) is 10.6 Å². The summed E-state index contributed by atoms with van der Waals surface area (Å²) in [4.78, 5) is 22.2. The molecule has 2 aromatic carbocycles. The lowest BCUT2D eigenvalue weighted by Crippen LogP contribution is -2.03. The molecule has 4 aromatic rings. The summed E-state index contributed by atoms with van der Waals surface area (Å²) < 4.78 is 1.21. The van der Waals surface area contributed by atoms with Crippen molar-refractivity contribution >= 4 is 44.8 Å². The largest absolute Gasteiger partial charge is 0.508 e. The quantitative estimate of drug-likeness (QED) is 0.344. The maximum Gasteiger partial charge on any atom is 0.196 e. The maximum absolute atomic E-state index is 12.6.